The number of rotatable bonds is 4. The van der Waals surface area contributed by atoms with Crippen LogP contribution in [0.2, 0.25) is 0 Å². The Balaban J connectivity index is 1.90. The van der Waals surface area contributed by atoms with Crippen LogP contribution in [0.1, 0.15) is 49.6 Å². The molecule has 0 aliphatic rings. The number of aliphatic imine (C=N–C) groups is 1. The fraction of sp³-hybridized carbons (Fsp3) is 0.320. The zero-order chi connectivity index (χ0) is 22.7. The van der Waals surface area contributed by atoms with Gasteiger partial charge < -0.3 is 5.32 Å². The molecule has 31 heavy (non-hydrogen) atoms. The van der Waals surface area contributed by atoms with E-state index < -0.39 is 0 Å². The van der Waals surface area contributed by atoms with Crippen molar-refractivity contribution in [1.82, 2.24) is 15.1 Å². The number of hydrogen-bond acceptors (Lipinski definition) is 3. The number of aryl methyl sites for hydroxylation is 6. The highest BCUT2D eigenvalue weighted by molar-refractivity contribution is 6.10. The largest absolute Gasteiger partial charge is 0.326 e. The summed E-state index contributed by atoms with van der Waals surface area (Å²) < 4.78 is 1.85. The normalized spacial score (nSPS) is 11.5. The quantitative estimate of drug-likeness (QED) is 0.479. The van der Waals surface area contributed by atoms with Crippen LogP contribution < -0.4 is 10.6 Å². The molecule has 0 spiro atoms. The SMILES string of the molecule is Cc1ccc(NC(=NCc2c(C)nn(C)c2C)NC(=O)c2ccc(C)c(C)c2)c(C)c1. The maximum absolute atomic E-state index is 12.9. The van der Waals surface area contributed by atoms with Crippen molar-refractivity contribution in [1.29, 1.82) is 0 Å². The van der Waals surface area contributed by atoms with E-state index in [1.165, 1.54) is 5.56 Å². The molecule has 1 heterocycles. The van der Waals surface area contributed by atoms with Gasteiger partial charge in [-0.25, -0.2) is 4.99 Å². The van der Waals surface area contributed by atoms with Crippen LogP contribution in [0.3, 0.4) is 0 Å². The minimum absolute atomic E-state index is 0.196. The Labute approximate surface area is 184 Å². The lowest BCUT2D eigenvalue weighted by Crippen LogP contribution is -2.36. The molecule has 162 valence electrons. The van der Waals surface area contributed by atoms with Gasteiger partial charge in [-0.05, 0) is 76.4 Å². The second-order valence-corrected chi connectivity index (χ2v) is 8.13. The number of aromatic nitrogens is 2. The summed E-state index contributed by atoms with van der Waals surface area (Å²) in [6.45, 7) is 12.5. The highest BCUT2D eigenvalue weighted by atomic mass is 16.1. The van der Waals surface area contributed by atoms with Gasteiger partial charge in [0, 0.05) is 29.6 Å². The third kappa shape index (κ3) is 5.20. The molecular weight excluding hydrogens is 386 g/mol. The first-order chi connectivity index (χ1) is 14.7. The molecule has 6 heteroatoms. The van der Waals surface area contributed by atoms with Crippen molar-refractivity contribution in [2.45, 2.75) is 48.1 Å². The van der Waals surface area contributed by atoms with E-state index in [-0.39, 0.29) is 5.91 Å². The van der Waals surface area contributed by atoms with Crippen molar-refractivity contribution in [3.63, 3.8) is 0 Å². The van der Waals surface area contributed by atoms with Crippen LogP contribution in [0.4, 0.5) is 5.69 Å². The molecule has 1 amide bonds. The number of benzene rings is 2. The second kappa shape index (κ2) is 9.16. The van der Waals surface area contributed by atoms with E-state index in [4.69, 9.17) is 4.99 Å². The Hall–Kier alpha value is -3.41. The van der Waals surface area contributed by atoms with Gasteiger partial charge in [0.05, 0.1) is 12.2 Å². The van der Waals surface area contributed by atoms with Crippen molar-refractivity contribution >= 4 is 17.6 Å². The van der Waals surface area contributed by atoms with Gasteiger partial charge in [0.25, 0.3) is 5.91 Å². The molecule has 0 bridgehead atoms. The number of carbonyl (C=O) groups excluding carboxylic acids is 1. The fourth-order valence-electron chi connectivity index (χ4n) is 3.46. The topological polar surface area (TPSA) is 71.3 Å². The van der Waals surface area contributed by atoms with E-state index in [1.807, 2.05) is 76.7 Å². The third-order valence-electron chi connectivity index (χ3n) is 5.69. The molecule has 0 saturated heterocycles. The van der Waals surface area contributed by atoms with Crippen molar-refractivity contribution < 1.29 is 4.79 Å². The molecule has 0 atom stereocenters. The average Bonchev–Trinajstić information content (AvgIpc) is 2.95. The van der Waals surface area contributed by atoms with Crippen LogP contribution in [0.25, 0.3) is 0 Å². The molecule has 0 aliphatic carbocycles. The molecule has 6 nitrogen and oxygen atoms in total. The van der Waals surface area contributed by atoms with Gasteiger partial charge in [0.15, 0.2) is 0 Å². The Kier molecular flexibility index (Phi) is 6.59. The summed E-state index contributed by atoms with van der Waals surface area (Å²) >= 11 is 0. The van der Waals surface area contributed by atoms with Crippen molar-refractivity contribution in [3.05, 3.63) is 81.2 Å². The molecular formula is C25H31N5O. The fourth-order valence-corrected chi connectivity index (χ4v) is 3.46. The Morgan fingerprint density at radius 3 is 2.32 bits per heavy atom. The highest BCUT2D eigenvalue weighted by Gasteiger charge is 2.13. The van der Waals surface area contributed by atoms with E-state index in [9.17, 15) is 4.79 Å². The van der Waals surface area contributed by atoms with Crippen LogP contribution in [0.15, 0.2) is 41.4 Å². The van der Waals surface area contributed by atoms with Crippen LogP contribution in [-0.2, 0) is 13.6 Å². The van der Waals surface area contributed by atoms with Gasteiger partial charge in [0.1, 0.15) is 0 Å². The highest BCUT2D eigenvalue weighted by Crippen LogP contribution is 2.17. The smallest absolute Gasteiger partial charge is 0.257 e. The summed E-state index contributed by atoms with van der Waals surface area (Å²) in [7, 11) is 1.92. The first kappa shape index (κ1) is 22.3. The molecule has 0 unspecified atom stereocenters. The van der Waals surface area contributed by atoms with E-state index >= 15 is 0 Å². The van der Waals surface area contributed by atoms with Gasteiger partial charge in [-0.2, -0.15) is 5.10 Å². The summed E-state index contributed by atoms with van der Waals surface area (Å²) in [5.74, 6) is 0.219. The molecule has 2 aromatic carbocycles. The Bertz CT molecular complexity index is 1160. The summed E-state index contributed by atoms with van der Waals surface area (Å²) in [4.78, 5) is 17.7. The molecule has 0 radical (unpaired) electrons. The standard InChI is InChI=1S/C25H31N5O/c1-15-8-11-23(18(4)12-15)27-25(26-14-22-19(5)29-30(7)20(22)6)28-24(31)21-10-9-16(2)17(3)13-21/h8-13H,14H2,1-7H3,(H2,26,27,28,31). The second-order valence-electron chi connectivity index (χ2n) is 8.13. The molecule has 0 fully saturated rings. The van der Waals surface area contributed by atoms with E-state index in [0.29, 0.717) is 18.1 Å². The number of nitrogens with one attached hydrogen (secondary N) is 2. The molecule has 3 aromatic rings. The number of hydrogen-bond donors (Lipinski definition) is 2. The number of guanidine groups is 1. The summed E-state index contributed by atoms with van der Waals surface area (Å²) in [5, 5.41) is 10.7. The van der Waals surface area contributed by atoms with Crippen LogP contribution >= 0.6 is 0 Å². The first-order valence-electron chi connectivity index (χ1n) is 10.4. The van der Waals surface area contributed by atoms with Gasteiger partial charge >= 0.3 is 0 Å². The van der Waals surface area contributed by atoms with Gasteiger partial charge in [-0.3, -0.25) is 14.8 Å². The minimum Gasteiger partial charge on any atom is -0.326 e. The van der Waals surface area contributed by atoms with Gasteiger partial charge in [-0.1, -0.05) is 23.8 Å². The summed E-state index contributed by atoms with van der Waals surface area (Å²) in [6.07, 6.45) is 0. The van der Waals surface area contributed by atoms with Crippen molar-refractivity contribution in [3.8, 4) is 0 Å². The van der Waals surface area contributed by atoms with Crippen molar-refractivity contribution in [2.24, 2.45) is 12.0 Å². The lowest BCUT2D eigenvalue weighted by Gasteiger charge is -2.15. The molecule has 3 rings (SSSR count). The number of anilines is 1. The molecule has 1 aromatic heterocycles. The third-order valence-corrected chi connectivity index (χ3v) is 5.69. The number of nitrogens with zero attached hydrogens (tertiary/aromatic N) is 3. The number of carbonyl (C=O) groups is 1. The van der Waals surface area contributed by atoms with E-state index in [1.54, 1.807) is 0 Å². The maximum atomic E-state index is 12.9. The maximum Gasteiger partial charge on any atom is 0.257 e. The zero-order valence-corrected chi connectivity index (χ0v) is 19.4. The van der Waals surface area contributed by atoms with Crippen molar-refractivity contribution in [2.75, 3.05) is 5.32 Å². The number of amides is 1. The first-order valence-corrected chi connectivity index (χ1v) is 10.4. The molecule has 2 N–H and O–H groups in total. The zero-order valence-electron chi connectivity index (χ0n) is 19.4. The molecule has 0 aliphatic heterocycles. The summed E-state index contributed by atoms with van der Waals surface area (Å²) in [5.41, 5.74) is 9.07. The van der Waals surface area contributed by atoms with Gasteiger partial charge in [0.2, 0.25) is 5.96 Å². The minimum atomic E-state index is -0.196. The van der Waals surface area contributed by atoms with Crippen LogP contribution in [0.5, 0.6) is 0 Å². The Morgan fingerprint density at radius 1 is 0.968 bits per heavy atom. The van der Waals surface area contributed by atoms with Gasteiger partial charge in [-0.15, -0.1) is 0 Å². The predicted molar refractivity (Wildman–Crippen MR) is 127 cm³/mol. The van der Waals surface area contributed by atoms with Crippen LogP contribution in [-0.4, -0.2) is 21.6 Å². The monoisotopic (exact) mass is 417 g/mol. The van der Waals surface area contributed by atoms with Crippen LogP contribution in [0, 0.1) is 41.5 Å². The Morgan fingerprint density at radius 2 is 1.71 bits per heavy atom. The average molecular weight is 418 g/mol. The lowest BCUT2D eigenvalue weighted by atomic mass is 10.1. The summed E-state index contributed by atoms with van der Waals surface area (Å²) in [6, 6.07) is 11.8. The molecule has 0 saturated carbocycles. The van der Waals surface area contributed by atoms with E-state index in [2.05, 4.69) is 28.7 Å². The predicted octanol–water partition coefficient (Wildman–Crippen LogP) is 4.67. The van der Waals surface area contributed by atoms with E-state index in [0.717, 1.165) is 39.3 Å². The lowest BCUT2D eigenvalue weighted by molar-refractivity contribution is 0.0977.